The fourth-order valence-electron chi connectivity index (χ4n) is 4.44. The van der Waals surface area contributed by atoms with Gasteiger partial charge in [-0.25, -0.2) is 18.1 Å². The van der Waals surface area contributed by atoms with E-state index in [1.165, 1.54) is 12.8 Å². The van der Waals surface area contributed by atoms with Crippen LogP contribution >= 0.6 is 0 Å². The molecule has 0 atom stereocenters. The van der Waals surface area contributed by atoms with Crippen molar-refractivity contribution in [2.24, 2.45) is 5.92 Å². The molecule has 0 unspecified atom stereocenters. The van der Waals surface area contributed by atoms with Crippen LogP contribution in [0.2, 0.25) is 0 Å². The Morgan fingerprint density at radius 3 is 2.48 bits per heavy atom. The maximum atomic E-state index is 12.9. The summed E-state index contributed by atoms with van der Waals surface area (Å²) in [6.07, 6.45) is 6.32. The first kappa shape index (κ1) is 21.7. The number of fused-ring (bicyclic) bond motifs is 1. The minimum atomic E-state index is -3.43. The summed E-state index contributed by atoms with van der Waals surface area (Å²) in [6, 6.07) is 9.42. The van der Waals surface area contributed by atoms with E-state index in [9.17, 15) is 13.6 Å². The SMILES string of the molecule is Cc1cc(-c2cc(S(=O)(=O)C(C)C)ccc2N[C@H]2CC[C@H](C)CC2)c2cc[nH]c2[n+]1[O-]. The molecule has 2 heterocycles. The van der Waals surface area contributed by atoms with Gasteiger partial charge in [0, 0.05) is 22.9 Å². The minimum absolute atomic E-state index is 0.306. The highest BCUT2D eigenvalue weighted by atomic mass is 32.2. The number of sulfone groups is 1. The van der Waals surface area contributed by atoms with Crippen LogP contribution in [0.1, 0.15) is 52.1 Å². The molecule has 4 rings (SSSR count). The van der Waals surface area contributed by atoms with Gasteiger partial charge in [-0.3, -0.25) is 0 Å². The van der Waals surface area contributed by atoms with Crippen molar-refractivity contribution in [3.63, 3.8) is 0 Å². The van der Waals surface area contributed by atoms with E-state index in [1.54, 1.807) is 39.1 Å². The smallest absolute Gasteiger partial charge is 0.290 e. The van der Waals surface area contributed by atoms with E-state index in [0.29, 0.717) is 22.3 Å². The molecule has 6 nitrogen and oxygen atoms in total. The second kappa shape index (κ2) is 8.19. The summed E-state index contributed by atoms with van der Waals surface area (Å²) >= 11 is 0. The topological polar surface area (TPSA) is 88.9 Å². The van der Waals surface area contributed by atoms with Crippen LogP contribution in [0.15, 0.2) is 41.4 Å². The number of hydrogen-bond donors (Lipinski definition) is 2. The fourth-order valence-corrected chi connectivity index (χ4v) is 5.52. The Labute approximate surface area is 184 Å². The van der Waals surface area contributed by atoms with Gasteiger partial charge >= 0.3 is 0 Å². The van der Waals surface area contributed by atoms with Gasteiger partial charge in [0.1, 0.15) is 5.69 Å². The number of anilines is 1. The largest absolute Gasteiger partial charge is 0.710 e. The van der Waals surface area contributed by atoms with Gasteiger partial charge in [0.05, 0.1) is 21.7 Å². The molecule has 0 spiro atoms. The average Bonchev–Trinajstić information content (AvgIpc) is 3.23. The Kier molecular flexibility index (Phi) is 5.73. The van der Waals surface area contributed by atoms with Crippen LogP contribution in [-0.4, -0.2) is 24.7 Å². The summed E-state index contributed by atoms with van der Waals surface area (Å²) in [5, 5.41) is 16.4. The van der Waals surface area contributed by atoms with Crippen molar-refractivity contribution in [1.29, 1.82) is 0 Å². The lowest BCUT2D eigenvalue weighted by molar-refractivity contribution is -0.586. The van der Waals surface area contributed by atoms with Gasteiger partial charge in [-0.2, -0.15) is 0 Å². The highest BCUT2D eigenvalue weighted by Crippen LogP contribution is 2.37. The van der Waals surface area contributed by atoms with Crippen molar-refractivity contribution in [1.82, 2.24) is 4.98 Å². The number of hydrogen-bond acceptors (Lipinski definition) is 4. The molecule has 1 aromatic carbocycles. The monoisotopic (exact) mass is 441 g/mol. The van der Waals surface area contributed by atoms with Gasteiger partial charge in [-0.15, -0.1) is 0 Å². The van der Waals surface area contributed by atoms with Gasteiger partial charge in [0.25, 0.3) is 5.65 Å². The summed E-state index contributed by atoms with van der Waals surface area (Å²) in [6.45, 7) is 7.45. The zero-order chi connectivity index (χ0) is 22.3. The predicted octanol–water partition coefficient (Wildman–Crippen LogP) is 4.95. The number of aryl methyl sites for hydroxylation is 1. The number of pyridine rings is 1. The number of benzene rings is 1. The normalized spacial score (nSPS) is 19.8. The molecular formula is C24H31N3O3S. The summed E-state index contributed by atoms with van der Waals surface area (Å²) in [5.41, 5.74) is 3.61. The second-order valence-corrected chi connectivity index (χ2v) is 11.6. The maximum absolute atomic E-state index is 12.9. The molecule has 1 aliphatic carbocycles. The number of nitrogens with zero attached hydrogens (tertiary/aromatic N) is 1. The third kappa shape index (κ3) is 4.03. The number of rotatable bonds is 5. The lowest BCUT2D eigenvalue weighted by atomic mass is 9.87. The van der Waals surface area contributed by atoms with Crippen molar-refractivity contribution in [3.8, 4) is 11.1 Å². The van der Waals surface area contributed by atoms with E-state index in [0.717, 1.165) is 45.7 Å². The van der Waals surface area contributed by atoms with E-state index >= 15 is 0 Å². The molecule has 7 heteroatoms. The van der Waals surface area contributed by atoms with Crippen LogP contribution in [0.5, 0.6) is 0 Å². The summed E-state index contributed by atoms with van der Waals surface area (Å²) in [7, 11) is -3.43. The van der Waals surface area contributed by atoms with Gasteiger partial charge in [0.15, 0.2) is 9.84 Å². The van der Waals surface area contributed by atoms with Crippen molar-refractivity contribution >= 4 is 26.6 Å². The molecule has 1 aliphatic rings. The van der Waals surface area contributed by atoms with Crippen LogP contribution in [0.25, 0.3) is 22.2 Å². The summed E-state index contributed by atoms with van der Waals surface area (Å²) < 4.78 is 26.7. The molecule has 2 N–H and O–H groups in total. The van der Waals surface area contributed by atoms with E-state index in [1.807, 2.05) is 18.2 Å². The zero-order valence-electron chi connectivity index (χ0n) is 18.6. The van der Waals surface area contributed by atoms with Crippen molar-refractivity contribution in [2.75, 3.05) is 5.32 Å². The molecular weight excluding hydrogens is 410 g/mol. The molecule has 0 radical (unpaired) electrons. The summed E-state index contributed by atoms with van der Waals surface area (Å²) in [5.74, 6) is 0.750. The van der Waals surface area contributed by atoms with E-state index in [2.05, 4.69) is 17.2 Å². The first-order valence-electron chi connectivity index (χ1n) is 11.0. The Morgan fingerprint density at radius 1 is 1.10 bits per heavy atom. The Bertz CT molecular complexity index is 1210. The van der Waals surface area contributed by atoms with Crippen molar-refractivity contribution < 1.29 is 13.1 Å². The lowest BCUT2D eigenvalue weighted by Gasteiger charge is -2.29. The summed E-state index contributed by atoms with van der Waals surface area (Å²) in [4.78, 5) is 3.33. The number of H-pyrrole nitrogens is 1. The standard InChI is InChI=1S/C24H31N3O3S/c1-15(2)31(29,30)19-9-10-23(26-18-7-5-16(3)6-8-18)22(14-19)21-13-17(4)27(28)24-20(21)11-12-25-24/h9-16,18,25-26H,5-8H2,1-4H3/t16-,18-. The molecule has 0 bridgehead atoms. The number of nitrogens with one attached hydrogen (secondary N) is 2. The third-order valence-corrected chi connectivity index (χ3v) is 8.65. The average molecular weight is 442 g/mol. The molecule has 0 saturated heterocycles. The highest BCUT2D eigenvalue weighted by molar-refractivity contribution is 7.92. The quantitative estimate of drug-likeness (QED) is 0.433. The molecule has 0 aliphatic heterocycles. The first-order valence-corrected chi connectivity index (χ1v) is 12.6. The van der Waals surface area contributed by atoms with Crippen LogP contribution in [0.4, 0.5) is 5.69 Å². The Morgan fingerprint density at radius 2 is 1.81 bits per heavy atom. The number of aromatic amines is 1. The molecule has 1 fully saturated rings. The highest BCUT2D eigenvalue weighted by Gasteiger charge is 2.24. The van der Waals surface area contributed by atoms with Crippen molar-refractivity contribution in [2.45, 2.75) is 69.6 Å². The lowest BCUT2D eigenvalue weighted by Crippen LogP contribution is -2.31. The van der Waals surface area contributed by atoms with Crippen LogP contribution in [-0.2, 0) is 9.84 Å². The molecule has 31 heavy (non-hydrogen) atoms. The van der Waals surface area contributed by atoms with Crippen LogP contribution < -0.4 is 10.0 Å². The third-order valence-electron chi connectivity index (χ3n) is 6.50. The van der Waals surface area contributed by atoms with Gasteiger partial charge in [-0.1, -0.05) is 6.92 Å². The minimum Gasteiger partial charge on any atom is -0.710 e. The van der Waals surface area contributed by atoms with Gasteiger partial charge < -0.3 is 10.5 Å². The molecule has 2 aromatic heterocycles. The first-order chi connectivity index (χ1) is 14.7. The Hall–Kier alpha value is -2.54. The molecule has 3 aromatic rings. The van der Waals surface area contributed by atoms with Crippen molar-refractivity contribution in [3.05, 3.63) is 47.4 Å². The van der Waals surface area contributed by atoms with E-state index in [4.69, 9.17) is 0 Å². The van der Waals surface area contributed by atoms with Gasteiger partial charge in [-0.05, 0) is 82.7 Å². The van der Waals surface area contributed by atoms with E-state index in [-0.39, 0.29) is 0 Å². The van der Waals surface area contributed by atoms with Gasteiger partial charge in [0.2, 0.25) is 0 Å². The zero-order valence-corrected chi connectivity index (χ0v) is 19.4. The van der Waals surface area contributed by atoms with Crippen LogP contribution in [0.3, 0.4) is 0 Å². The fraction of sp³-hybridized carbons (Fsp3) is 0.458. The van der Waals surface area contributed by atoms with Crippen LogP contribution in [0, 0.1) is 18.0 Å². The maximum Gasteiger partial charge on any atom is 0.290 e. The Balaban J connectivity index is 1.88. The molecule has 1 saturated carbocycles. The molecule has 0 amide bonds. The molecule has 166 valence electrons. The van der Waals surface area contributed by atoms with E-state index < -0.39 is 15.1 Å². The second-order valence-electron chi connectivity index (χ2n) is 9.14. The predicted molar refractivity (Wildman–Crippen MR) is 125 cm³/mol. The number of aromatic nitrogens is 2.